The van der Waals surface area contributed by atoms with Gasteiger partial charge in [-0.3, -0.25) is 24.2 Å². The molecule has 2 aromatic heterocycles. The molecule has 0 atom stereocenters. The van der Waals surface area contributed by atoms with Crippen LogP contribution in [0.15, 0.2) is 48.5 Å². The maximum Gasteiger partial charge on any atom is 0.256 e. The molecule has 0 aliphatic carbocycles. The first-order valence-electron chi connectivity index (χ1n) is 12.4. The predicted octanol–water partition coefficient (Wildman–Crippen LogP) is 5.70. The van der Waals surface area contributed by atoms with E-state index < -0.39 is 0 Å². The summed E-state index contributed by atoms with van der Waals surface area (Å²) in [6, 6.07) is 15.2. The van der Waals surface area contributed by atoms with Gasteiger partial charge in [0.05, 0.1) is 15.9 Å². The van der Waals surface area contributed by atoms with Gasteiger partial charge in [0, 0.05) is 48.0 Å². The average Bonchev–Trinajstić information content (AvgIpc) is 3.57. The van der Waals surface area contributed by atoms with Crippen molar-refractivity contribution in [2.75, 3.05) is 16.8 Å². The van der Waals surface area contributed by atoms with Gasteiger partial charge in [0.25, 0.3) is 5.91 Å². The summed E-state index contributed by atoms with van der Waals surface area (Å²) >= 11 is 3.28. The number of carbonyl (C=O) groups excluding carboxylic acids is 3. The number of nitrogens with zero attached hydrogens (tertiary/aromatic N) is 3. The molecule has 3 amide bonds. The zero-order valence-electron chi connectivity index (χ0n) is 20.6. The van der Waals surface area contributed by atoms with E-state index in [1.165, 1.54) is 15.3 Å². The lowest BCUT2D eigenvalue weighted by molar-refractivity contribution is -0.121. The Kier molecular flexibility index (Phi) is 6.14. The number of hydrogen-bond donors (Lipinski definition) is 1. The van der Waals surface area contributed by atoms with Crippen LogP contribution in [0.2, 0.25) is 0 Å². The zero-order chi connectivity index (χ0) is 25.7. The quantitative estimate of drug-likeness (QED) is 0.335. The summed E-state index contributed by atoms with van der Waals surface area (Å²) in [7, 11) is 0. The first-order valence-corrected chi connectivity index (χ1v) is 14.0. The molecule has 2 aromatic carbocycles. The Morgan fingerprint density at radius 3 is 2.41 bits per heavy atom. The molecule has 1 saturated heterocycles. The largest absolute Gasteiger partial charge is 0.313 e. The Balaban J connectivity index is 1.33. The molecule has 1 fully saturated rings. The molecule has 4 aromatic rings. The Hall–Kier alpha value is -3.40. The van der Waals surface area contributed by atoms with Crippen molar-refractivity contribution >= 4 is 61.3 Å². The van der Waals surface area contributed by atoms with Gasteiger partial charge in [0.2, 0.25) is 11.8 Å². The Morgan fingerprint density at radius 2 is 1.70 bits per heavy atom. The van der Waals surface area contributed by atoms with Crippen molar-refractivity contribution in [1.29, 1.82) is 0 Å². The Bertz CT molecular complexity index is 1490. The van der Waals surface area contributed by atoms with E-state index in [1.807, 2.05) is 18.2 Å². The van der Waals surface area contributed by atoms with Gasteiger partial charge in [-0.15, -0.1) is 22.7 Å². The average molecular weight is 531 g/mol. The van der Waals surface area contributed by atoms with Gasteiger partial charge in [-0.25, -0.2) is 4.98 Å². The number of carbonyl (C=O) groups is 3. The predicted molar refractivity (Wildman–Crippen MR) is 148 cm³/mol. The number of thiophene rings is 1. The molecular weight excluding hydrogens is 504 g/mol. The van der Waals surface area contributed by atoms with Crippen molar-refractivity contribution in [3.05, 3.63) is 64.5 Å². The van der Waals surface area contributed by atoms with Crippen LogP contribution in [0.1, 0.15) is 47.5 Å². The second kappa shape index (κ2) is 9.48. The fraction of sp³-hybridized carbons (Fsp3) is 0.286. The maximum absolute atomic E-state index is 13.3. The number of benzene rings is 2. The summed E-state index contributed by atoms with van der Waals surface area (Å²) in [6.45, 7) is 6.26. The minimum Gasteiger partial charge on any atom is -0.313 e. The minimum atomic E-state index is -0.229. The first kappa shape index (κ1) is 24.0. The number of imide groups is 1. The fourth-order valence-corrected chi connectivity index (χ4v) is 7.34. The number of thiazole rings is 1. The third-order valence-corrected chi connectivity index (χ3v) is 9.18. The number of rotatable bonds is 5. The molecule has 0 radical (unpaired) electrons. The van der Waals surface area contributed by atoms with Crippen molar-refractivity contribution < 1.29 is 14.4 Å². The standard InChI is InChI=1S/C28H26N4O3S2/c1-16(2)31-14-13-19-22(15-31)37-28(25(19)27-29-20-5-3-4-6-21(20)36-27)30-26(35)17-7-9-18(10-8-17)32-23(33)11-12-24(32)34/h3-10,16H,11-15H2,1-2H3,(H,30,35). The second-order valence-electron chi connectivity index (χ2n) is 9.63. The second-order valence-corrected chi connectivity index (χ2v) is 11.8. The zero-order valence-corrected chi connectivity index (χ0v) is 22.2. The lowest BCUT2D eigenvalue weighted by Crippen LogP contribution is -2.35. The summed E-state index contributed by atoms with van der Waals surface area (Å²) in [5.74, 6) is -0.642. The van der Waals surface area contributed by atoms with E-state index in [1.54, 1.807) is 46.9 Å². The number of aromatic nitrogens is 1. The van der Waals surface area contributed by atoms with Crippen LogP contribution in [0.25, 0.3) is 20.8 Å². The number of nitrogens with one attached hydrogen (secondary N) is 1. The highest BCUT2D eigenvalue weighted by Crippen LogP contribution is 2.46. The van der Waals surface area contributed by atoms with Crippen LogP contribution in [0.5, 0.6) is 0 Å². The van der Waals surface area contributed by atoms with E-state index in [0.29, 0.717) is 17.3 Å². The summed E-state index contributed by atoms with van der Waals surface area (Å²) in [4.78, 5) is 47.3. The van der Waals surface area contributed by atoms with Crippen LogP contribution >= 0.6 is 22.7 Å². The van der Waals surface area contributed by atoms with Crippen LogP contribution in [-0.2, 0) is 22.6 Å². The van der Waals surface area contributed by atoms with E-state index in [0.717, 1.165) is 45.3 Å². The highest BCUT2D eigenvalue weighted by atomic mass is 32.1. The van der Waals surface area contributed by atoms with Crippen LogP contribution in [0.4, 0.5) is 10.7 Å². The third-order valence-electron chi connectivity index (χ3n) is 6.99. The molecule has 4 heterocycles. The minimum absolute atomic E-state index is 0.206. The summed E-state index contributed by atoms with van der Waals surface area (Å²) < 4.78 is 1.12. The summed E-state index contributed by atoms with van der Waals surface area (Å²) in [5, 5.41) is 4.90. The van der Waals surface area contributed by atoms with Crippen LogP contribution < -0.4 is 10.2 Å². The van der Waals surface area contributed by atoms with Crippen molar-refractivity contribution in [3.8, 4) is 10.6 Å². The topological polar surface area (TPSA) is 82.6 Å². The lowest BCUT2D eigenvalue weighted by Gasteiger charge is -2.30. The van der Waals surface area contributed by atoms with Gasteiger partial charge in [-0.2, -0.15) is 0 Å². The molecule has 0 spiro atoms. The Labute approximate surface area is 222 Å². The number of fused-ring (bicyclic) bond motifs is 2. The normalized spacial score (nSPS) is 16.1. The molecular formula is C28H26N4O3S2. The van der Waals surface area contributed by atoms with Gasteiger partial charge < -0.3 is 5.32 Å². The van der Waals surface area contributed by atoms with E-state index in [9.17, 15) is 14.4 Å². The highest BCUT2D eigenvalue weighted by molar-refractivity contribution is 7.23. The molecule has 37 heavy (non-hydrogen) atoms. The fourth-order valence-electron chi connectivity index (χ4n) is 4.96. The van der Waals surface area contributed by atoms with Gasteiger partial charge in [0.1, 0.15) is 10.0 Å². The van der Waals surface area contributed by atoms with E-state index in [4.69, 9.17) is 4.98 Å². The van der Waals surface area contributed by atoms with E-state index in [2.05, 4.69) is 30.1 Å². The van der Waals surface area contributed by atoms with Gasteiger partial charge in [-0.1, -0.05) is 12.1 Å². The van der Waals surface area contributed by atoms with Crippen molar-refractivity contribution in [1.82, 2.24) is 9.88 Å². The molecule has 0 bridgehead atoms. The molecule has 9 heteroatoms. The van der Waals surface area contributed by atoms with E-state index in [-0.39, 0.29) is 30.6 Å². The van der Waals surface area contributed by atoms with Crippen LogP contribution in [0, 0.1) is 0 Å². The molecule has 188 valence electrons. The van der Waals surface area contributed by atoms with Gasteiger partial charge >= 0.3 is 0 Å². The molecule has 2 aliphatic rings. The summed E-state index contributed by atoms with van der Waals surface area (Å²) in [6.07, 6.45) is 1.37. The number of para-hydroxylation sites is 1. The van der Waals surface area contributed by atoms with Crippen LogP contribution in [0.3, 0.4) is 0 Å². The molecule has 6 rings (SSSR count). The summed E-state index contributed by atoms with van der Waals surface area (Å²) in [5.41, 5.74) is 4.23. The van der Waals surface area contributed by atoms with Gasteiger partial charge in [-0.05, 0) is 62.2 Å². The van der Waals surface area contributed by atoms with Gasteiger partial charge in [0.15, 0.2) is 0 Å². The van der Waals surface area contributed by atoms with E-state index >= 15 is 0 Å². The molecule has 2 aliphatic heterocycles. The third kappa shape index (κ3) is 4.37. The molecule has 7 nitrogen and oxygen atoms in total. The first-order chi connectivity index (χ1) is 17.9. The van der Waals surface area contributed by atoms with Crippen molar-refractivity contribution in [2.45, 2.75) is 45.7 Å². The van der Waals surface area contributed by atoms with Crippen molar-refractivity contribution in [3.63, 3.8) is 0 Å². The smallest absolute Gasteiger partial charge is 0.256 e. The molecule has 0 unspecified atom stereocenters. The lowest BCUT2D eigenvalue weighted by atomic mass is 10.0. The Morgan fingerprint density at radius 1 is 0.973 bits per heavy atom. The van der Waals surface area contributed by atoms with Crippen molar-refractivity contribution in [2.24, 2.45) is 0 Å². The van der Waals surface area contributed by atoms with Crippen LogP contribution in [-0.4, -0.2) is 40.2 Å². The molecule has 1 N–H and O–H groups in total. The SMILES string of the molecule is CC(C)N1CCc2c(sc(NC(=O)c3ccc(N4C(=O)CCC4=O)cc3)c2-c2nc3ccccc3s2)C1. The number of hydrogen-bond acceptors (Lipinski definition) is 7. The maximum atomic E-state index is 13.3. The number of amides is 3. The highest BCUT2D eigenvalue weighted by Gasteiger charge is 2.31. The number of anilines is 2. The molecule has 0 saturated carbocycles. The monoisotopic (exact) mass is 530 g/mol.